The quantitative estimate of drug-likeness (QED) is 0.745. The summed E-state index contributed by atoms with van der Waals surface area (Å²) in [4.78, 5) is 28.8. The third-order valence-corrected chi connectivity index (χ3v) is 6.09. The molecule has 28 heavy (non-hydrogen) atoms. The maximum Gasteiger partial charge on any atom is 0.251 e. The van der Waals surface area contributed by atoms with Crippen molar-refractivity contribution in [1.82, 2.24) is 10.2 Å². The Morgan fingerprint density at radius 3 is 2.36 bits per heavy atom. The van der Waals surface area contributed by atoms with Crippen molar-refractivity contribution in [3.8, 4) is 0 Å². The summed E-state index contributed by atoms with van der Waals surface area (Å²) < 4.78 is 5.50. The highest BCUT2D eigenvalue weighted by Crippen LogP contribution is 2.22. The molecule has 2 aliphatic heterocycles. The fourth-order valence-corrected chi connectivity index (χ4v) is 4.35. The van der Waals surface area contributed by atoms with Crippen molar-refractivity contribution in [3.05, 3.63) is 29.8 Å². The van der Waals surface area contributed by atoms with Gasteiger partial charge in [-0.2, -0.15) is 0 Å². The Bertz CT molecular complexity index is 651. The van der Waals surface area contributed by atoms with Crippen LogP contribution in [0.4, 0.5) is 5.69 Å². The van der Waals surface area contributed by atoms with E-state index in [-0.39, 0.29) is 11.8 Å². The molecule has 0 spiro atoms. The Morgan fingerprint density at radius 2 is 1.79 bits per heavy atom. The normalized spacial score (nSPS) is 19.2. The summed E-state index contributed by atoms with van der Waals surface area (Å²) in [6.45, 7) is 9.25. The zero-order chi connectivity index (χ0) is 19.9. The number of hydrogen-bond donors (Lipinski definition) is 1. The summed E-state index contributed by atoms with van der Waals surface area (Å²) in [6.07, 6.45) is 3.72. The number of hydrogen-bond acceptors (Lipinski definition) is 4. The third-order valence-electron chi connectivity index (χ3n) is 6.09. The molecule has 1 aromatic rings. The number of anilines is 1. The number of carbonyl (C=O) groups is 2. The van der Waals surface area contributed by atoms with Crippen LogP contribution in [-0.4, -0.2) is 62.1 Å². The predicted octanol–water partition coefficient (Wildman–Crippen LogP) is 2.68. The Balaban J connectivity index is 1.61. The van der Waals surface area contributed by atoms with Crippen LogP contribution in [0.15, 0.2) is 24.3 Å². The number of nitrogens with zero attached hydrogens (tertiary/aromatic N) is 2. The van der Waals surface area contributed by atoms with Crippen molar-refractivity contribution in [2.45, 2.75) is 45.6 Å². The fraction of sp³-hybridized carbons (Fsp3) is 0.636. The molecule has 154 valence electrons. The Hall–Kier alpha value is -1.92. The van der Waals surface area contributed by atoms with E-state index in [1.165, 1.54) is 0 Å². The third kappa shape index (κ3) is 4.92. The Labute approximate surface area is 168 Å². The van der Waals surface area contributed by atoms with Gasteiger partial charge < -0.3 is 15.0 Å². The van der Waals surface area contributed by atoms with Crippen LogP contribution >= 0.6 is 0 Å². The van der Waals surface area contributed by atoms with Crippen molar-refractivity contribution in [3.63, 3.8) is 0 Å². The van der Waals surface area contributed by atoms with Gasteiger partial charge in [0.2, 0.25) is 5.91 Å². The van der Waals surface area contributed by atoms with Gasteiger partial charge in [-0.15, -0.1) is 0 Å². The highest BCUT2D eigenvalue weighted by molar-refractivity contribution is 5.97. The van der Waals surface area contributed by atoms with Crippen LogP contribution in [0.3, 0.4) is 0 Å². The second kappa shape index (κ2) is 10.0. The van der Waals surface area contributed by atoms with Crippen LogP contribution in [0.25, 0.3) is 0 Å². The zero-order valence-corrected chi connectivity index (χ0v) is 17.2. The summed E-state index contributed by atoms with van der Waals surface area (Å²) in [5, 5.41) is 3.14. The van der Waals surface area contributed by atoms with E-state index in [0.717, 1.165) is 57.8 Å². The molecule has 0 aliphatic carbocycles. The molecule has 0 aromatic heterocycles. The molecule has 3 rings (SSSR count). The van der Waals surface area contributed by atoms with Gasteiger partial charge in [-0.05, 0) is 36.6 Å². The van der Waals surface area contributed by atoms with Gasteiger partial charge in [-0.25, -0.2) is 0 Å². The number of rotatable bonds is 8. The van der Waals surface area contributed by atoms with Crippen molar-refractivity contribution in [2.24, 2.45) is 5.92 Å². The number of amides is 2. The lowest BCUT2D eigenvalue weighted by Gasteiger charge is -2.38. The average molecular weight is 388 g/mol. The predicted molar refractivity (Wildman–Crippen MR) is 111 cm³/mol. The van der Waals surface area contributed by atoms with E-state index >= 15 is 0 Å². The molecule has 1 unspecified atom stereocenters. The number of ether oxygens (including phenoxy) is 1. The second-order valence-electron chi connectivity index (χ2n) is 7.70. The standard InChI is InChI=1S/C22H33N3O3/c1-3-17(4-2)20(24-12-14-28-15-13-24)16-23-22(27)18-7-9-19(10-8-18)25-11-5-6-21(25)26/h7-10,17,20H,3-6,11-16H2,1-2H3,(H,23,27). The van der Waals surface area contributed by atoms with Crippen LogP contribution in [-0.2, 0) is 9.53 Å². The SMILES string of the molecule is CCC(CC)C(CNC(=O)c1ccc(N2CCCC2=O)cc1)N1CCOCC1. The van der Waals surface area contributed by atoms with Crippen molar-refractivity contribution in [2.75, 3.05) is 44.3 Å². The molecule has 2 heterocycles. The lowest BCUT2D eigenvalue weighted by molar-refractivity contribution is -0.117. The molecule has 2 fully saturated rings. The largest absolute Gasteiger partial charge is 0.379 e. The second-order valence-corrected chi connectivity index (χ2v) is 7.70. The van der Waals surface area contributed by atoms with Gasteiger partial charge in [0, 0.05) is 49.9 Å². The molecule has 0 saturated carbocycles. The zero-order valence-electron chi connectivity index (χ0n) is 17.2. The van der Waals surface area contributed by atoms with Crippen LogP contribution in [0, 0.1) is 5.92 Å². The summed E-state index contributed by atoms with van der Waals surface area (Å²) in [5.74, 6) is 0.668. The molecular formula is C22H33N3O3. The maximum atomic E-state index is 12.7. The molecule has 2 saturated heterocycles. The molecule has 2 amide bonds. The van der Waals surface area contributed by atoms with Gasteiger partial charge >= 0.3 is 0 Å². The van der Waals surface area contributed by atoms with Crippen molar-refractivity contribution >= 4 is 17.5 Å². The first-order valence-corrected chi connectivity index (χ1v) is 10.6. The monoisotopic (exact) mass is 387 g/mol. The molecule has 0 radical (unpaired) electrons. The van der Waals surface area contributed by atoms with Gasteiger partial charge in [-0.1, -0.05) is 26.7 Å². The van der Waals surface area contributed by atoms with Gasteiger partial charge in [0.1, 0.15) is 0 Å². The van der Waals surface area contributed by atoms with E-state index in [1.54, 1.807) is 4.90 Å². The van der Waals surface area contributed by atoms with Crippen molar-refractivity contribution in [1.29, 1.82) is 0 Å². The first-order valence-electron chi connectivity index (χ1n) is 10.6. The average Bonchev–Trinajstić information content (AvgIpc) is 3.17. The van der Waals surface area contributed by atoms with Crippen LogP contribution in [0.5, 0.6) is 0 Å². The van der Waals surface area contributed by atoms with Crippen LogP contribution in [0.2, 0.25) is 0 Å². The Kier molecular flexibility index (Phi) is 7.45. The van der Waals surface area contributed by atoms with Gasteiger partial charge in [0.15, 0.2) is 0 Å². The molecule has 1 atom stereocenters. The van der Waals surface area contributed by atoms with Gasteiger partial charge in [-0.3, -0.25) is 14.5 Å². The number of nitrogens with one attached hydrogen (secondary N) is 1. The van der Waals surface area contributed by atoms with Gasteiger partial charge in [0.05, 0.1) is 13.2 Å². The van der Waals surface area contributed by atoms with Crippen LogP contribution < -0.4 is 10.2 Å². The molecule has 2 aliphatic rings. The summed E-state index contributed by atoms with van der Waals surface area (Å²) >= 11 is 0. The van der Waals surface area contributed by atoms with E-state index in [2.05, 4.69) is 24.1 Å². The summed E-state index contributed by atoms with van der Waals surface area (Å²) in [7, 11) is 0. The molecule has 6 heteroatoms. The highest BCUT2D eigenvalue weighted by Gasteiger charge is 2.27. The van der Waals surface area contributed by atoms with E-state index in [4.69, 9.17) is 4.74 Å². The van der Waals surface area contributed by atoms with E-state index in [9.17, 15) is 9.59 Å². The first-order chi connectivity index (χ1) is 13.6. The first kappa shape index (κ1) is 20.8. The minimum Gasteiger partial charge on any atom is -0.379 e. The number of benzene rings is 1. The van der Waals surface area contributed by atoms with Gasteiger partial charge in [0.25, 0.3) is 5.91 Å². The van der Waals surface area contributed by atoms with E-state index in [0.29, 0.717) is 30.5 Å². The maximum absolute atomic E-state index is 12.7. The lowest BCUT2D eigenvalue weighted by atomic mass is 9.92. The molecule has 6 nitrogen and oxygen atoms in total. The minimum absolute atomic E-state index is 0.0523. The molecule has 0 bridgehead atoms. The lowest BCUT2D eigenvalue weighted by Crippen LogP contribution is -2.52. The summed E-state index contributed by atoms with van der Waals surface area (Å²) in [6, 6.07) is 7.72. The fourth-order valence-electron chi connectivity index (χ4n) is 4.35. The molecule has 1 aromatic carbocycles. The minimum atomic E-state index is -0.0523. The summed E-state index contributed by atoms with van der Waals surface area (Å²) in [5.41, 5.74) is 1.52. The number of carbonyl (C=O) groups excluding carboxylic acids is 2. The Morgan fingerprint density at radius 1 is 1.11 bits per heavy atom. The number of morpholine rings is 1. The van der Waals surface area contributed by atoms with E-state index < -0.39 is 0 Å². The highest BCUT2D eigenvalue weighted by atomic mass is 16.5. The topological polar surface area (TPSA) is 61.9 Å². The smallest absolute Gasteiger partial charge is 0.251 e. The molecular weight excluding hydrogens is 354 g/mol. The van der Waals surface area contributed by atoms with Crippen LogP contribution in [0.1, 0.15) is 49.9 Å². The van der Waals surface area contributed by atoms with E-state index in [1.807, 2.05) is 24.3 Å². The molecule has 1 N–H and O–H groups in total. The van der Waals surface area contributed by atoms with Crippen molar-refractivity contribution < 1.29 is 14.3 Å².